The number of nitrogens with two attached hydrogens (primary N) is 1. The fourth-order valence-corrected chi connectivity index (χ4v) is 3.56. The van der Waals surface area contributed by atoms with Crippen LogP contribution in [0.3, 0.4) is 0 Å². The summed E-state index contributed by atoms with van der Waals surface area (Å²) in [5, 5.41) is 5.21. The molecule has 3 N–H and O–H groups in total. The molecule has 2 aromatic rings. The number of nitrogens with zero attached hydrogens (tertiary/aromatic N) is 2. The van der Waals surface area contributed by atoms with Crippen molar-refractivity contribution in [3.05, 3.63) is 71.4 Å². The lowest BCUT2D eigenvalue weighted by molar-refractivity contribution is -0.138. The Labute approximate surface area is 191 Å². The van der Waals surface area contributed by atoms with E-state index < -0.39 is 23.6 Å². The predicted octanol–water partition coefficient (Wildman–Crippen LogP) is 3.73. The van der Waals surface area contributed by atoms with Crippen LogP contribution in [0, 0.1) is 17.6 Å². The molecular formula is C24H28F2N4O3. The SMILES string of the molecule is CC(=O)N[C@H](C(=O)N1C(CCCN)=C(c2cc(F)ccc2F)ON1c1ccccc1)C(C)C. The van der Waals surface area contributed by atoms with Crippen LogP contribution in [-0.2, 0) is 14.4 Å². The third-order valence-corrected chi connectivity index (χ3v) is 5.15. The summed E-state index contributed by atoms with van der Waals surface area (Å²) in [5.41, 5.74) is 6.42. The molecule has 0 aliphatic carbocycles. The topological polar surface area (TPSA) is 87.9 Å². The van der Waals surface area contributed by atoms with Crippen molar-refractivity contribution in [1.82, 2.24) is 10.3 Å². The van der Waals surface area contributed by atoms with Crippen LogP contribution in [0.2, 0.25) is 0 Å². The highest BCUT2D eigenvalue weighted by atomic mass is 19.1. The first-order valence-corrected chi connectivity index (χ1v) is 10.8. The Kier molecular flexibility index (Phi) is 7.65. The minimum atomic E-state index is -0.873. The number of amides is 2. The van der Waals surface area contributed by atoms with Crippen LogP contribution < -0.4 is 16.2 Å². The van der Waals surface area contributed by atoms with Gasteiger partial charge in [-0.1, -0.05) is 32.0 Å². The van der Waals surface area contributed by atoms with Gasteiger partial charge < -0.3 is 15.9 Å². The summed E-state index contributed by atoms with van der Waals surface area (Å²) in [5.74, 6) is -2.40. The Hall–Kier alpha value is -3.46. The number of hydrazine groups is 1. The van der Waals surface area contributed by atoms with E-state index in [4.69, 9.17) is 10.6 Å². The Bertz CT molecular complexity index is 1040. The largest absolute Gasteiger partial charge is 0.356 e. The maximum atomic E-state index is 14.7. The molecule has 0 aromatic heterocycles. The van der Waals surface area contributed by atoms with E-state index in [0.717, 1.165) is 18.2 Å². The number of allylic oxidation sites excluding steroid dienone is 1. The van der Waals surface area contributed by atoms with Gasteiger partial charge in [0.05, 0.1) is 11.3 Å². The third-order valence-electron chi connectivity index (χ3n) is 5.15. The molecule has 0 fully saturated rings. The molecule has 0 saturated heterocycles. The minimum absolute atomic E-state index is 0.0167. The molecule has 1 aliphatic heterocycles. The summed E-state index contributed by atoms with van der Waals surface area (Å²) >= 11 is 0. The van der Waals surface area contributed by atoms with E-state index in [0.29, 0.717) is 24.4 Å². The molecule has 1 atom stereocenters. The quantitative estimate of drug-likeness (QED) is 0.630. The van der Waals surface area contributed by atoms with E-state index in [9.17, 15) is 18.4 Å². The lowest BCUT2D eigenvalue weighted by atomic mass is 10.0. The monoisotopic (exact) mass is 458 g/mol. The molecule has 9 heteroatoms. The molecule has 0 spiro atoms. The molecule has 176 valence electrons. The van der Waals surface area contributed by atoms with Crippen molar-refractivity contribution >= 4 is 23.3 Å². The molecule has 3 rings (SSSR count). The first-order valence-electron chi connectivity index (χ1n) is 10.8. The first kappa shape index (κ1) is 24.2. The van der Waals surface area contributed by atoms with Gasteiger partial charge in [-0.3, -0.25) is 9.59 Å². The lowest BCUT2D eigenvalue weighted by Crippen LogP contribution is -2.54. The van der Waals surface area contributed by atoms with Crippen molar-refractivity contribution in [1.29, 1.82) is 0 Å². The van der Waals surface area contributed by atoms with Crippen molar-refractivity contribution in [2.24, 2.45) is 11.7 Å². The summed E-state index contributed by atoms with van der Waals surface area (Å²) in [6, 6.07) is 10.9. The highest BCUT2D eigenvalue weighted by Crippen LogP contribution is 2.39. The van der Waals surface area contributed by atoms with Crippen LogP contribution >= 0.6 is 0 Å². The highest BCUT2D eigenvalue weighted by Gasteiger charge is 2.42. The second-order valence-electron chi connectivity index (χ2n) is 8.06. The zero-order valence-corrected chi connectivity index (χ0v) is 18.8. The summed E-state index contributed by atoms with van der Waals surface area (Å²) in [6.07, 6.45) is 0.736. The molecule has 0 bridgehead atoms. The van der Waals surface area contributed by atoms with Crippen LogP contribution in [0.1, 0.15) is 39.2 Å². The van der Waals surface area contributed by atoms with E-state index in [1.165, 1.54) is 17.1 Å². The maximum absolute atomic E-state index is 14.7. The van der Waals surface area contributed by atoms with Crippen molar-refractivity contribution in [3.8, 4) is 0 Å². The number of carbonyl (C=O) groups is 2. The van der Waals surface area contributed by atoms with Crippen LogP contribution in [0.25, 0.3) is 5.76 Å². The first-order chi connectivity index (χ1) is 15.7. The normalized spacial score (nSPS) is 14.5. The molecular weight excluding hydrogens is 430 g/mol. The Morgan fingerprint density at radius 3 is 2.42 bits per heavy atom. The third kappa shape index (κ3) is 5.31. The van der Waals surface area contributed by atoms with Gasteiger partial charge in [0.15, 0.2) is 5.76 Å². The number of rotatable bonds is 8. The molecule has 2 aromatic carbocycles. The Morgan fingerprint density at radius 1 is 1.12 bits per heavy atom. The van der Waals surface area contributed by atoms with Gasteiger partial charge in [0.25, 0.3) is 5.91 Å². The van der Waals surface area contributed by atoms with E-state index >= 15 is 0 Å². The zero-order chi connectivity index (χ0) is 24.1. The van der Waals surface area contributed by atoms with Gasteiger partial charge in [-0.25, -0.2) is 8.78 Å². The van der Waals surface area contributed by atoms with E-state index in [1.54, 1.807) is 44.2 Å². The summed E-state index contributed by atoms with van der Waals surface area (Å²) < 4.78 is 28.8. The van der Waals surface area contributed by atoms with Crippen molar-refractivity contribution in [2.45, 2.75) is 39.7 Å². The number of hydrogen-bond acceptors (Lipinski definition) is 5. The van der Waals surface area contributed by atoms with E-state index in [2.05, 4.69) is 5.32 Å². The molecule has 7 nitrogen and oxygen atoms in total. The Balaban J connectivity index is 2.18. The lowest BCUT2D eigenvalue weighted by Gasteiger charge is -2.33. The fourth-order valence-electron chi connectivity index (χ4n) is 3.56. The number of para-hydroxylation sites is 1. The van der Waals surface area contributed by atoms with Crippen molar-refractivity contribution in [2.75, 3.05) is 11.7 Å². The molecule has 33 heavy (non-hydrogen) atoms. The van der Waals surface area contributed by atoms with Gasteiger partial charge >= 0.3 is 0 Å². The van der Waals surface area contributed by atoms with Gasteiger partial charge in [0.1, 0.15) is 23.4 Å². The Morgan fingerprint density at radius 2 is 1.82 bits per heavy atom. The standard InChI is InChI=1S/C24H28F2N4O3/c1-15(2)22(28-16(3)31)24(32)29-21(10-7-13-27)23(19-14-17(25)11-12-20(19)26)33-30(29)18-8-5-4-6-9-18/h4-6,8-9,11-12,14-15,22H,7,10,13,27H2,1-3H3,(H,28,31)/t22-/m0/s1. The summed E-state index contributed by atoms with van der Waals surface area (Å²) in [7, 11) is 0. The molecule has 0 unspecified atom stereocenters. The van der Waals surface area contributed by atoms with Gasteiger partial charge in [-0.05, 0) is 55.6 Å². The second kappa shape index (κ2) is 10.4. The molecule has 1 aliphatic rings. The minimum Gasteiger partial charge on any atom is -0.356 e. The predicted molar refractivity (Wildman–Crippen MR) is 121 cm³/mol. The van der Waals surface area contributed by atoms with E-state index in [-0.39, 0.29) is 29.6 Å². The number of halogens is 2. The maximum Gasteiger partial charge on any atom is 0.271 e. The second-order valence-corrected chi connectivity index (χ2v) is 8.06. The number of anilines is 1. The van der Waals surface area contributed by atoms with Crippen LogP contribution in [-0.4, -0.2) is 29.4 Å². The number of carbonyl (C=O) groups excluding carboxylic acids is 2. The summed E-state index contributed by atoms with van der Waals surface area (Å²) in [6.45, 7) is 5.25. The smallest absolute Gasteiger partial charge is 0.271 e. The van der Waals surface area contributed by atoms with E-state index in [1.807, 2.05) is 0 Å². The van der Waals surface area contributed by atoms with Gasteiger partial charge in [-0.15, -0.1) is 5.17 Å². The highest BCUT2D eigenvalue weighted by molar-refractivity contribution is 5.91. The van der Waals surface area contributed by atoms with Crippen LogP contribution in [0.4, 0.5) is 14.5 Å². The van der Waals surface area contributed by atoms with Crippen LogP contribution in [0.15, 0.2) is 54.2 Å². The van der Waals surface area contributed by atoms with Crippen molar-refractivity contribution in [3.63, 3.8) is 0 Å². The van der Waals surface area contributed by atoms with Crippen LogP contribution in [0.5, 0.6) is 0 Å². The molecule has 2 amide bonds. The van der Waals surface area contributed by atoms with Gasteiger partial charge in [0, 0.05) is 6.92 Å². The molecule has 1 heterocycles. The van der Waals surface area contributed by atoms with Gasteiger partial charge in [-0.2, -0.15) is 5.01 Å². The zero-order valence-electron chi connectivity index (χ0n) is 18.8. The molecule has 0 saturated carbocycles. The van der Waals surface area contributed by atoms with Crippen molar-refractivity contribution < 1.29 is 23.2 Å². The molecule has 0 radical (unpaired) electrons. The average Bonchev–Trinajstić information content (AvgIpc) is 3.16. The fraction of sp³-hybridized carbons (Fsp3) is 0.333. The summed E-state index contributed by atoms with van der Waals surface area (Å²) in [4.78, 5) is 31.6. The number of nitrogens with one attached hydrogen (secondary N) is 1. The number of benzene rings is 2. The average molecular weight is 459 g/mol. The van der Waals surface area contributed by atoms with Gasteiger partial charge in [0.2, 0.25) is 5.91 Å². The number of hydrogen-bond donors (Lipinski definition) is 2.